The van der Waals surface area contributed by atoms with Gasteiger partial charge in [0.05, 0.1) is 11.4 Å². The molecule has 1 saturated heterocycles. The largest absolute Gasteiger partial charge is 0.326 e. The van der Waals surface area contributed by atoms with Crippen molar-refractivity contribution >= 4 is 35.3 Å². The number of aromatic nitrogens is 3. The van der Waals surface area contributed by atoms with Gasteiger partial charge in [-0.25, -0.2) is 9.67 Å². The van der Waals surface area contributed by atoms with Crippen molar-refractivity contribution in [1.82, 2.24) is 19.7 Å². The number of benzene rings is 2. The van der Waals surface area contributed by atoms with Gasteiger partial charge in [0.2, 0.25) is 5.91 Å². The van der Waals surface area contributed by atoms with E-state index in [0.717, 1.165) is 77.6 Å². The monoisotopic (exact) mass is 605 g/mol. The molecule has 2 aromatic carbocycles. The zero-order valence-corrected chi connectivity index (χ0v) is 26.1. The summed E-state index contributed by atoms with van der Waals surface area (Å²) < 4.78 is 1.74. The number of piperidine rings is 1. The average Bonchev–Trinajstić information content (AvgIpc) is 3.51. The maximum Gasteiger partial charge on any atom is 0.227 e. The molecule has 44 heavy (non-hydrogen) atoms. The van der Waals surface area contributed by atoms with E-state index in [9.17, 15) is 4.79 Å². The number of nitrogens with one attached hydrogen (secondary N) is 2. The highest BCUT2D eigenvalue weighted by atomic mass is 32.2. The summed E-state index contributed by atoms with van der Waals surface area (Å²) in [5.41, 5.74) is 6.28. The van der Waals surface area contributed by atoms with Crippen LogP contribution in [0.4, 0.5) is 5.69 Å². The van der Waals surface area contributed by atoms with Crippen LogP contribution in [-0.2, 0) is 4.79 Å². The highest BCUT2D eigenvalue weighted by molar-refractivity contribution is 7.97. The second-order valence-electron chi connectivity index (χ2n) is 10.9. The Morgan fingerprint density at radius 3 is 2.59 bits per heavy atom. The molecule has 4 aromatic rings. The first-order chi connectivity index (χ1) is 21.5. The minimum Gasteiger partial charge on any atom is -0.326 e. The van der Waals surface area contributed by atoms with Crippen LogP contribution in [0.5, 0.6) is 0 Å². The second-order valence-corrected chi connectivity index (χ2v) is 11.6. The van der Waals surface area contributed by atoms with Crippen molar-refractivity contribution in [3.8, 4) is 16.9 Å². The molecule has 0 saturated carbocycles. The molecule has 1 aliphatic rings. The number of amides is 1. The third-order valence-corrected chi connectivity index (χ3v) is 8.43. The minimum atomic E-state index is 0.0183. The normalized spacial score (nSPS) is 14.7. The quantitative estimate of drug-likeness (QED) is 0.0973. The summed E-state index contributed by atoms with van der Waals surface area (Å²) in [6.45, 7) is 6.71. The molecule has 9 heteroatoms. The summed E-state index contributed by atoms with van der Waals surface area (Å²) in [4.78, 5) is 21.3. The van der Waals surface area contributed by atoms with E-state index in [4.69, 9.17) is 15.5 Å². The first-order valence-corrected chi connectivity index (χ1v) is 15.8. The maximum atomic E-state index is 12.9. The van der Waals surface area contributed by atoms with E-state index in [1.165, 1.54) is 18.2 Å². The Labute approximate surface area is 263 Å². The second kappa shape index (κ2) is 14.9. The summed E-state index contributed by atoms with van der Waals surface area (Å²) in [7, 11) is 0. The number of aryl methyl sites for hydroxylation is 1. The number of nitrogens with zero attached hydrogens (tertiary/aromatic N) is 4. The number of nitrogens with two attached hydrogens (primary N) is 1. The smallest absolute Gasteiger partial charge is 0.227 e. The number of allylic oxidation sites excluding steroid dienone is 3. The van der Waals surface area contributed by atoms with Crippen LogP contribution < -0.4 is 10.5 Å². The molecule has 5 rings (SSSR count). The Morgan fingerprint density at radius 2 is 1.91 bits per heavy atom. The van der Waals surface area contributed by atoms with E-state index < -0.39 is 0 Å². The number of hydrogen-bond acceptors (Lipinski definition) is 7. The number of rotatable bonds is 11. The van der Waals surface area contributed by atoms with Crippen LogP contribution in [0.25, 0.3) is 22.5 Å². The number of carbonyl (C=O) groups is 1. The lowest BCUT2D eigenvalue weighted by Crippen LogP contribution is -2.38. The van der Waals surface area contributed by atoms with Crippen LogP contribution in [0, 0.1) is 18.3 Å². The predicted octanol–water partition coefficient (Wildman–Crippen LogP) is 6.91. The zero-order chi connectivity index (χ0) is 30.9. The maximum absolute atomic E-state index is 12.9. The van der Waals surface area contributed by atoms with Crippen LogP contribution in [0.1, 0.15) is 43.1 Å². The van der Waals surface area contributed by atoms with E-state index in [1.54, 1.807) is 4.68 Å². The molecule has 0 atom stereocenters. The lowest BCUT2D eigenvalue weighted by atomic mass is 9.95. The molecule has 0 bridgehead atoms. The van der Waals surface area contributed by atoms with Gasteiger partial charge >= 0.3 is 0 Å². The summed E-state index contributed by atoms with van der Waals surface area (Å²) >= 11 is 1.18. The highest BCUT2D eigenvalue weighted by Gasteiger charge is 2.25. The van der Waals surface area contributed by atoms with Crippen LogP contribution in [0.3, 0.4) is 0 Å². The molecule has 2 aromatic heterocycles. The Morgan fingerprint density at radius 1 is 1.11 bits per heavy atom. The third-order valence-electron chi connectivity index (χ3n) is 7.90. The number of carbonyl (C=O) groups excluding carboxylic acids is 1. The van der Waals surface area contributed by atoms with Gasteiger partial charge in [-0.3, -0.25) is 9.93 Å². The van der Waals surface area contributed by atoms with Crippen molar-refractivity contribution in [3.05, 3.63) is 108 Å². The van der Waals surface area contributed by atoms with E-state index in [0.29, 0.717) is 11.4 Å². The summed E-state index contributed by atoms with van der Waals surface area (Å²) in [5, 5.41) is 21.4. The van der Waals surface area contributed by atoms with Crippen molar-refractivity contribution in [2.75, 3.05) is 25.0 Å². The van der Waals surface area contributed by atoms with Gasteiger partial charge in [-0.1, -0.05) is 54.6 Å². The molecule has 1 aliphatic heterocycles. The van der Waals surface area contributed by atoms with Gasteiger partial charge in [-0.05, 0) is 99.6 Å². The molecule has 0 unspecified atom stereocenters. The van der Waals surface area contributed by atoms with Gasteiger partial charge in [0.1, 0.15) is 0 Å². The molecule has 226 valence electrons. The molecule has 0 aliphatic carbocycles. The number of likely N-dealkylation sites (tertiary alicyclic amines) is 1. The number of hydrogen-bond donors (Lipinski definition) is 3. The first-order valence-electron chi connectivity index (χ1n) is 15.0. The molecular formula is C35H39N7OS. The summed E-state index contributed by atoms with van der Waals surface area (Å²) in [5.74, 6) is 0.736. The Hall–Kier alpha value is -4.31. The lowest BCUT2D eigenvalue weighted by molar-refractivity contribution is -0.121. The SMILES string of the molecule is C/C=C(\C=C/CCN1CCC(C(=O)Nc2cccc(SN)c2)CC1)c1nc(-n2ccc(C)n2)c(C=N)cc1-c1ccccc1. The molecule has 0 radical (unpaired) electrons. The van der Waals surface area contributed by atoms with Gasteiger partial charge in [-0.15, -0.1) is 0 Å². The van der Waals surface area contributed by atoms with E-state index in [-0.39, 0.29) is 11.8 Å². The van der Waals surface area contributed by atoms with Crippen molar-refractivity contribution in [1.29, 1.82) is 5.41 Å². The van der Waals surface area contributed by atoms with Crippen LogP contribution in [-0.4, -0.2) is 51.4 Å². The van der Waals surface area contributed by atoms with Gasteiger partial charge < -0.3 is 15.6 Å². The molecule has 1 amide bonds. The topological polar surface area (TPSA) is 113 Å². The Bertz CT molecular complexity index is 1650. The van der Waals surface area contributed by atoms with Gasteiger partial charge in [-0.2, -0.15) is 5.10 Å². The lowest BCUT2D eigenvalue weighted by Gasteiger charge is -2.31. The van der Waals surface area contributed by atoms with Crippen LogP contribution >= 0.6 is 11.9 Å². The van der Waals surface area contributed by atoms with Gasteiger partial charge in [0.15, 0.2) is 5.82 Å². The molecule has 0 spiro atoms. The standard InChI is InChI=1S/C35H39N7OS/c1-3-26(10-7-8-18-41-19-16-28(17-20-41)35(43)38-30-13-9-14-31(23-30)44-37)33-32(27-11-5-4-6-12-27)22-29(24-36)34(39-33)42-21-15-25(2)40-42/h3-7,9-15,21-24,28,36H,8,16-20,37H2,1-2H3,(H,38,43)/b10-7-,26-3+,36-24?. The summed E-state index contributed by atoms with van der Waals surface area (Å²) in [6.07, 6.45) is 12.2. The van der Waals surface area contributed by atoms with Crippen molar-refractivity contribution < 1.29 is 4.79 Å². The number of pyridine rings is 1. The molecule has 8 nitrogen and oxygen atoms in total. The average molecular weight is 606 g/mol. The van der Waals surface area contributed by atoms with Crippen molar-refractivity contribution in [2.24, 2.45) is 11.1 Å². The van der Waals surface area contributed by atoms with E-state index in [1.807, 2.05) is 74.6 Å². The van der Waals surface area contributed by atoms with Crippen molar-refractivity contribution in [2.45, 2.75) is 38.0 Å². The summed E-state index contributed by atoms with van der Waals surface area (Å²) in [6, 6.07) is 21.8. The fourth-order valence-electron chi connectivity index (χ4n) is 5.49. The van der Waals surface area contributed by atoms with Crippen LogP contribution in [0.15, 0.2) is 96.1 Å². The fraction of sp³-hybridized carbons (Fsp3) is 0.257. The molecular weight excluding hydrogens is 567 g/mol. The van der Waals surface area contributed by atoms with E-state index in [2.05, 4.69) is 45.7 Å². The Balaban J connectivity index is 1.24. The van der Waals surface area contributed by atoms with E-state index >= 15 is 0 Å². The van der Waals surface area contributed by atoms with Crippen molar-refractivity contribution in [3.63, 3.8) is 0 Å². The van der Waals surface area contributed by atoms with Gasteiger partial charge in [0.25, 0.3) is 0 Å². The minimum absolute atomic E-state index is 0.0183. The molecule has 4 N–H and O–H groups in total. The molecule has 1 fully saturated rings. The zero-order valence-electron chi connectivity index (χ0n) is 25.2. The fourth-order valence-corrected chi connectivity index (χ4v) is 5.84. The van der Waals surface area contributed by atoms with Crippen LogP contribution in [0.2, 0.25) is 0 Å². The molecule has 3 heterocycles. The predicted molar refractivity (Wildman–Crippen MR) is 181 cm³/mol. The Kier molecular flexibility index (Phi) is 10.6. The third kappa shape index (κ3) is 7.60. The number of anilines is 1. The first kappa shape index (κ1) is 31.1. The highest BCUT2D eigenvalue weighted by Crippen LogP contribution is 2.31. The van der Waals surface area contributed by atoms with Gasteiger partial charge in [0, 0.05) is 46.6 Å².